The molecule has 28 heavy (non-hydrogen) atoms. The predicted octanol–water partition coefficient (Wildman–Crippen LogP) is 4.89. The third kappa shape index (κ3) is 3.95. The highest BCUT2D eigenvalue weighted by Gasteiger charge is 2.20. The molecule has 0 saturated heterocycles. The van der Waals surface area contributed by atoms with Gasteiger partial charge in [-0.2, -0.15) is 0 Å². The highest BCUT2D eigenvalue weighted by atomic mass is 32.2. The fraction of sp³-hybridized carbons (Fsp3) is 0.333. The molecule has 0 spiro atoms. The van der Waals surface area contributed by atoms with Crippen LogP contribution in [0, 0.1) is 0 Å². The van der Waals surface area contributed by atoms with Crippen molar-refractivity contribution in [1.82, 2.24) is 9.97 Å². The summed E-state index contributed by atoms with van der Waals surface area (Å²) < 4.78 is 0. The highest BCUT2D eigenvalue weighted by molar-refractivity contribution is 8.00. The van der Waals surface area contributed by atoms with Crippen molar-refractivity contribution in [3.8, 4) is 0 Å². The summed E-state index contributed by atoms with van der Waals surface area (Å²) >= 11 is 3.25. The van der Waals surface area contributed by atoms with Gasteiger partial charge < -0.3 is 5.32 Å². The van der Waals surface area contributed by atoms with Gasteiger partial charge in [0.2, 0.25) is 5.91 Å². The highest BCUT2D eigenvalue weighted by Crippen LogP contribution is 2.39. The van der Waals surface area contributed by atoms with Crippen LogP contribution in [-0.4, -0.2) is 27.4 Å². The Balaban J connectivity index is 1.48. The minimum absolute atomic E-state index is 0.0403. The number of Topliss-reactive ketones (excluding diaryl/α,β-unsaturated/α-hetero) is 1. The molecule has 0 aliphatic heterocycles. The van der Waals surface area contributed by atoms with Gasteiger partial charge in [-0.25, -0.2) is 9.97 Å². The quantitative estimate of drug-likeness (QED) is 0.355. The van der Waals surface area contributed by atoms with Crippen LogP contribution in [0.3, 0.4) is 0 Å². The SMILES string of the molecule is CCC(=O)Nc1ccc(C(=O)CSc2ncnc3sc4c(c23)CCCC4)cc1. The second-order valence-corrected chi connectivity index (χ2v) is 8.81. The topological polar surface area (TPSA) is 72.0 Å². The number of carbonyl (C=O) groups excluding carboxylic acids is 2. The van der Waals surface area contributed by atoms with E-state index >= 15 is 0 Å². The smallest absolute Gasteiger partial charge is 0.224 e. The Labute approximate surface area is 172 Å². The first kappa shape index (κ1) is 19.1. The minimum Gasteiger partial charge on any atom is -0.326 e. The van der Waals surface area contributed by atoms with E-state index in [0.29, 0.717) is 23.4 Å². The van der Waals surface area contributed by atoms with Crippen molar-refractivity contribution in [2.24, 2.45) is 0 Å². The lowest BCUT2D eigenvalue weighted by atomic mass is 9.97. The lowest BCUT2D eigenvalue weighted by molar-refractivity contribution is -0.115. The van der Waals surface area contributed by atoms with Crippen LogP contribution in [0.4, 0.5) is 5.69 Å². The maximum absolute atomic E-state index is 12.6. The van der Waals surface area contributed by atoms with E-state index in [1.54, 1.807) is 48.9 Å². The van der Waals surface area contributed by atoms with Gasteiger partial charge in [-0.15, -0.1) is 11.3 Å². The molecule has 1 aliphatic carbocycles. The van der Waals surface area contributed by atoms with E-state index in [4.69, 9.17) is 0 Å². The maximum Gasteiger partial charge on any atom is 0.224 e. The standard InChI is InChI=1S/C21H21N3O2S2/c1-2-18(26)24-14-9-7-13(8-10-14)16(25)11-27-20-19-15-5-3-4-6-17(15)28-21(19)23-12-22-20/h7-10,12H,2-6,11H2,1H3,(H,24,26). The zero-order valence-corrected chi connectivity index (χ0v) is 17.3. The molecule has 7 heteroatoms. The number of benzene rings is 1. The molecule has 5 nitrogen and oxygen atoms in total. The number of nitrogens with zero attached hydrogens (tertiary/aromatic N) is 2. The molecule has 0 unspecified atom stereocenters. The first-order chi connectivity index (χ1) is 13.7. The zero-order valence-electron chi connectivity index (χ0n) is 15.7. The molecule has 0 bridgehead atoms. The third-order valence-electron chi connectivity index (χ3n) is 4.87. The van der Waals surface area contributed by atoms with Gasteiger partial charge in [0.25, 0.3) is 0 Å². The van der Waals surface area contributed by atoms with Crippen LogP contribution >= 0.6 is 23.1 Å². The van der Waals surface area contributed by atoms with E-state index in [2.05, 4.69) is 15.3 Å². The molecule has 0 radical (unpaired) electrons. The van der Waals surface area contributed by atoms with E-state index in [1.165, 1.54) is 35.0 Å². The number of carbonyl (C=O) groups is 2. The summed E-state index contributed by atoms with van der Waals surface area (Å²) in [6.07, 6.45) is 6.68. The van der Waals surface area contributed by atoms with Crippen molar-refractivity contribution < 1.29 is 9.59 Å². The molecule has 2 heterocycles. The molecule has 0 atom stereocenters. The van der Waals surface area contributed by atoms with Gasteiger partial charge >= 0.3 is 0 Å². The van der Waals surface area contributed by atoms with Crippen molar-refractivity contribution in [3.63, 3.8) is 0 Å². The largest absolute Gasteiger partial charge is 0.326 e. The van der Waals surface area contributed by atoms with E-state index in [0.717, 1.165) is 28.1 Å². The number of aryl methyl sites for hydroxylation is 2. The predicted molar refractivity (Wildman–Crippen MR) is 114 cm³/mol. The molecule has 1 aromatic carbocycles. The maximum atomic E-state index is 12.6. The molecule has 4 rings (SSSR count). The number of amides is 1. The van der Waals surface area contributed by atoms with Crippen LogP contribution < -0.4 is 5.32 Å². The number of hydrogen-bond donors (Lipinski definition) is 1. The summed E-state index contributed by atoms with van der Waals surface area (Å²) in [6.45, 7) is 1.80. The molecule has 1 N–H and O–H groups in total. The number of anilines is 1. The lowest BCUT2D eigenvalue weighted by Crippen LogP contribution is -2.09. The van der Waals surface area contributed by atoms with Crippen molar-refractivity contribution in [2.75, 3.05) is 11.1 Å². The van der Waals surface area contributed by atoms with Gasteiger partial charge in [-0.1, -0.05) is 18.7 Å². The molecular formula is C21H21N3O2S2. The Bertz CT molecular complexity index is 1030. The van der Waals surface area contributed by atoms with Gasteiger partial charge in [0.15, 0.2) is 5.78 Å². The average molecular weight is 412 g/mol. The first-order valence-corrected chi connectivity index (χ1v) is 11.3. The molecule has 144 valence electrons. The zero-order chi connectivity index (χ0) is 19.5. The van der Waals surface area contributed by atoms with E-state index in [-0.39, 0.29) is 11.7 Å². The summed E-state index contributed by atoms with van der Waals surface area (Å²) in [5.74, 6) is 0.341. The fourth-order valence-electron chi connectivity index (χ4n) is 3.38. The van der Waals surface area contributed by atoms with Gasteiger partial charge in [-0.05, 0) is 55.5 Å². The fourth-order valence-corrected chi connectivity index (χ4v) is 5.59. The summed E-state index contributed by atoms with van der Waals surface area (Å²) in [6, 6.07) is 7.06. The first-order valence-electron chi connectivity index (χ1n) is 9.47. The van der Waals surface area contributed by atoms with Gasteiger partial charge in [0.1, 0.15) is 16.2 Å². The summed E-state index contributed by atoms with van der Waals surface area (Å²) in [5, 5.41) is 4.85. The molecule has 0 fully saturated rings. The van der Waals surface area contributed by atoms with Crippen molar-refractivity contribution in [3.05, 3.63) is 46.6 Å². The van der Waals surface area contributed by atoms with Gasteiger partial charge in [0, 0.05) is 27.9 Å². The number of aromatic nitrogens is 2. The monoisotopic (exact) mass is 411 g/mol. The number of thioether (sulfide) groups is 1. The molecule has 1 aliphatic rings. The lowest BCUT2D eigenvalue weighted by Gasteiger charge is -2.11. The normalized spacial score (nSPS) is 13.3. The Kier molecular flexibility index (Phi) is 5.73. The van der Waals surface area contributed by atoms with Crippen molar-refractivity contribution >= 4 is 50.7 Å². The second kappa shape index (κ2) is 8.41. The Morgan fingerprint density at radius 1 is 1.14 bits per heavy atom. The van der Waals surface area contributed by atoms with Crippen LogP contribution in [0.2, 0.25) is 0 Å². The number of hydrogen-bond acceptors (Lipinski definition) is 6. The Morgan fingerprint density at radius 2 is 1.93 bits per heavy atom. The van der Waals surface area contributed by atoms with Crippen LogP contribution in [-0.2, 0) is 17.6 Å². The molecule has 2 aromatic heterocycles. The number of fused-ring (bicyclic) bond motifs is 3. The Morgan fingerprint density at radius 3 is 2.71 bits per heavy atom. The third-order valence-corrected chi connectivity index (χ3v) is 7.06. The average Bonchev–Trinajstić information content (AvgIpc) is 3.11. The van der Waals surface area contributed by atoms with Gasteiger partial charge in [-0.3, -0.25) is 9.59 Å². The van der Waals surface area contributed by atoms with E-state index in [9.17, 15) is 9.59 Å². The van der Waals surface area contributed by atoms with E-state index in [1.807, 2.05) is 0 Å². The van der Waals surface area contributed by atoms with Gasteiger partial charge in [0.05, 0.1) is 5.75 Å². The van der Waals surface area contributed by atoms with Crippen LogP contribution in [0.15, 0.2) is 35.6 Å². The molecule has 1 amide bonds. The summed E-state index contributed by atoms with van der Waals surface area (Å²) in [4.78, 5) is 35.5. The summed E-state index contributed by atoms with van der Waals surface area (Å²) in [7, 11) is 0. The second-order valence-electron chi connectivity index (χ2n) is 6.76. The summed E-state index contributed by atoms with van der Waals surface area (Å²) in [5.41, 5.74) is 2.73. The number of nitrogens with one attached hydrogen (secondary N) is 1. The number of thiophene rings is 1. The van der Waals surface area contributed by atoms with Crippen molar-refractivity contribution in [2.45, 2.75) is 44.1 Å². The molecular weight excluding hydrogens is 390 g/mol. The van der Waals surface area contributed by atoms with Crippen LogP contribution in [0.1, 0.15) is 47.0 Å². The number of ketones is 1. The molecule has 3 aromatic rings. The minimum atomic E-state index is -0.0403. The Hall–Kier alpha value is -2.25. The van der Waals surface area contributed by atoms with Crippen LogP contribution in [0.5, 0.6) is 0 Å². The molecule has 0 saturated carbocycles. The van der Waals surface area contributed by atoms with Crippen LogP contribution in [0.25, 0.3) is 10.2 Å². The van der Waals surface area contributed by atoms with E-state index < -0.39 is 0 Å². The van der Waals surface area contributed by atoms with Crippen molar-refractivity contribution in [1.29, 1.82) is 0 Å². The number of rotatable bonds is 6.